The molecule has 270 valence electrons. The lowest BCUT2D eigenvalue weighted by molar-refractivity contribution is -0.142. The van der Waals surface area contributed by atoms with Crippen molar-refractivity contribution >= 4 is 29.2 Å². The van der Waals surface area contributed by atoms with Gasteiger partial charge in [-0.25, -0.2) is 5.43 Å². The molecule has 17 heteroatoms. The quantitative estimate of drug-likeness (QED) is 0.0129. The fraction of sp³-hybridized carbons (Fsp3) is 0.469. The SMILES string of the molecule is C[C@@H](O)[C@H](NC(=O)[C@H](CCCNC(N)N)NNCc1ccc(C(=N)N)cc1)C(=O)C(=O)[C@H](CCCNC(N)N)NC(=O)Cc1ccccc1. The van der Waals surface area contributed by atoms with Gasteiger partial charge in [0.2, 0.25) is 23.4 Å². The molecule has 2 rings (SSSR count). The van der Waals surface area contributed by atoms with Gasteiger partial charge in [-0.1, -0.05) is 54.6 Å². The second-order valence-electron chi connectivity index (χ2n) is 11.6. The van der Waals surface area contributed by atoms with E-state index in [-0.39, 0.29) is 25.1 Å². The van der Waals surface area contributed by atoms with Crippen LogP contribution in [0.3, 0.4) is 0 Å². The van der Waals surface area contributed by atoms with Crippen molar-refractivity contribution in [2.75, 3.05) is 13.1 Å². The van der Waals surface area contributed by atoms with Crippen LogP contribution in [0, 0.1) is 5.41 Å². The third kappa shape index (κ3) is 15.7. The lowest BCUT2D eigenvalue weighted by Crippen LogP contribution is -2.59. The summed E-state index contributed by atoms with van der Waals surface area (Å²) in [7, 11) is 0. The molecule has 49 heavy (non-hydrogen) atoms. The fourth-order valence-electron chi connectivity index (χ4n) is 4.78. The number of ketones is 2. The maximum absolute atomic E-state index is 13.5. The molecule has 0 saturated carbocycles. The summed E-state index contributed by atoms with van der Waals surface area (Å²) in [6.45, 7) is 2.27. The Kier molecular flexibility index (Phi) is 18.2. The number of Topliss-reactive ketones (excluding diaryl/α,β-unsaturated/α-hetero) is 2. The van der Waals surface area contributed by atoms with E-state index in [9.17, 15) is 24.3 Å². The highest BCUT2D eigenvalue weighted by Crippen LogP contribution is 2.08. The Morgan fingerprint density at radius 2 is 1.35 bits per heavy atom. The van der Waals surface area contributed by atoms with Crippen molar-refractivity contribution in [3.8, 4) is 0 Å². The molecule has 0 spiro atoms. The van der Waals surface area contributed by atoms with Crippen molar-refractivity contribution in [3.63, 3.8) is 0 Å². The zero-order chi connectivity index (χ0) is 36.3. The number of nitrogens with one attached hydrogen (secondary N) is 7. The van der Waals surface area contributed by atoms with Crippen LogP contribution >= 0.6 is 0 Å². The molecule has 2 aromatic carbocycles. The highest BCUT2D eigenvalue weighted by atomic mass is 16.3. The van der Waals surface area contributed by atoms with E-state index in [1.807, 2.05) is 6.07 Å². The summed E-state index contributed by atoms with van der Waals surface area (Å²) in [6.07, 6.45) is -1.88. The number of aliphatic hydroxyl groups is 1. The number of amidine groups is 1. The zero-order valence-electron chi connectivity index (χ0n) is 27.8. The minimum absolute atomic E-state index is 0.0214. The number of nitrogens with two attached hydrogens (primary N) is 5. The van der Waals surface area contributed by atoms with Gasteiger partial charge in [-0.05, 0) is 56.8 Å². The molecule has 0 heterocycles. The normalized spacial score (nSPS) is 13.8. The van der Waals surface area contributed by atoms with Crippen molar-refractivity contribution in [2.24, 2.45) is 28.7 Å². The van der Waals surface area contributed by atoms with Gasteiger partial charge in [0, 0.05) is 12.1 Å². The third-order valence-electron chi connectivity index (χ3n) is 7.41. The maximum Gasteiger partial charge on any atom is 0.239 e. The summed E-state index contributed by atoms with van der Waals surface area (Å²) >= 11 is 0. The number of hydrazine groups is 1. The number of carbonyl (C=O) groups excluding carboxylic acids is 4. The predicted octanol–water partition coefficient (Wildman–Crippen LogP) is -3.19. The van der Waals surface area contributed by atoms with E-state index in [2.05, 4.69) is 32.1 Å². The van der Waals surface area contributed by atoms with E-state index >= 15 is 0 Å². The van der Waals surface area contributed by atoms with E-state index in [4.69, 9.17) is 34.1 Å². The van der Waals surface area contributed by atoms with E-state index in [1.54, 1.807) is 48.5 Å². The van der Waals surface area contributed by atoms with Crippen molar-refractivity contribution in [2.45, 2.75) is 82.4 Å². The molecule has 0 aromatic heterocycles. The van der Waals surface area contributed by atoms with Crippen LogP contribution in [-0.4, -0.2) is 84.2 Å². The molecule has 17 nitrogen and oxygen atoms in total. The first-order valence-corrected chi connectivity index (χ1v) is 16.1. The summed E-state index contributed by atoms with van der Waals surface area (Å²) in [4.78, 5) is 53.5. The first kappa shape index (κ1) is 41.0. The smallest absolute Gasteiger partial charge is 0.239 e. The number of hydrogen-bond acceptors (Lipinski definition) is 14. The Labute approximate surface area is 286 Å². The Morgan fingerprint density at radius 1 is 0.776 bits per heavy atom. The molecule has 2 aromatic rings. The number of aliphatic hydroxyl groups excluding tert-OH is 1. The van der Waals surface area contributed by atoms with Crippen molar-refractivity contribution in [1.82, 2.24) is 32.1 Å². The van der Waals surface area contributed by atoms with E-state index in [0.717, 1.165) is 5.56 Å². The van der Waals surface area contributed by atoms with Crippen LogP contribution in [0.15, 0.2) is 54.6 Å². The number of amides is 2. The van der Waals surface area contributed by atoms with Crippen LogP contribution in [0.5, 0.6) is 0 Å². The summed E-state index contributed by atoms with van der Waals surface area (Å²) in [5.41, 5.74) is 35.7. The molecular weight excluding hydrogens is 632 g/mol. The summed E-state index contributed by atoms with van der Waals surface area (Å²) in [6, 6.07) is 12.1. The molecular formula is C32H52N12O5. The second-order valence-corrected chi connectivity index (χ2v) is 11.6. The Hall–Kier alpha value is -4.17. The zero-order valence-corrected chi connectivity index (χ0v) is 27.8. The van der Waals surface area contributed by atoms with Crippen LogP contribution < -0.4 is 60.8 Å². The topological polar surface area (TPSA) is 315 Å². The predicted molar refractivity (Wildman–Crippen MR) is 186 cm³/mol. The van der Waals surface area contributed by atoms with Crippen LogP contribution in [0.25, 0.3) is 0 Å². The molecule has 0 bridgehead atoms. The number of carbonyl (C=O) groups is 4. The fourth-order valence-corrected chi connectivity index (χ4v) is 4.78. The van der Waals surface area contributed by atoms with E-state index in [1.165, 1.54) is 6.92 Å². The average molecular weight is 685 g/mol. The van der Waals surface area contributed by atoms with Crippen molar-refractivity contribution < 1.29 is 24.3 Å². The monoisotopic (exact) mass is 684 g/mol. The molecule has 0 fully saturated rings. The van der Waals surface area contributed by atoms with Crippen molar-refractivity contribution in [3.05, 3.63) is 71.3 Å². The lowest BCUT2D eigenvalue weighted by atomic mass is 9.95. The highest BCUT2D eigenvalue weighted by molar-refractivity contribution is 6.41. The summed E-state index contributed by atoms with van der Waals surface area (Å²) in [5.74, 6) is -3.23. The van der Waals surface area contributed by atoms with E-state index in [0.29, 0.717) is 43.6 Å². The molecule has 4 atom stereocenters. The van der Waals surface area contributed by atoms with Gasteiger partial charge >= 0.3 is 0 Å². The molecule has 2 amide bonds. The Bertz CT molecular complexity index is 1340. The Morgan fingerprint density at radius 3 is 1.88 bits per heavy atom. The minimum Gasteiger partial charge on any atom is -0.391 e. The van der Waals surface area contributed by atoms with Gasteiger partial charge in [0.1, 0.15) is 24.5 Å². The van der Waals surface area contributed by atoms with E-state index < -0.39 is 60.2 Å². The average Bonchev–Trinajstić information content (AvgIpc) is 3.05. The molecule has 0 aliphatic carbocycles. The van der Waals surface area contributed by atoms with Gasteiger partial charge in [0.05, 0.1) is 24.6 Å². The molecule has 0 aliphatic rings. The molecule has 0 unspecified atom stereocenters. The maximum atomic E-state index is 13.5. The summed E-state index contributed by atoms with van der Waals surface area (Å²) in [5, 5.41) is 28.9. The molecule has 0 saturated heterocycles. The second kappa shape index (κ2) is 21.7. The van der Waals surface area contributed by atoms with Gasteiger partial charge in [0.25, 0.3) is 0 Å². The van der Waals surface area contributed by atoms with Crippen LogP contribution in [-0.2, 0) is 32.1 Å². The van der Waals surface area contributed by atoms with Gasteiger partial charge in [0.15, 0.2) is 0 Å². The van der Waals surface area contributed by atoms with Crippen LogP contribution in [0.4, 0.5) is 0 Å². The standard InChI is InChI=1S/C32H52N12O5/c1-19(45)26(28(48)27(47)23(9-5-15-39-31(35)36)42-25(46)17-20-7-3-2-4-8-20)43-30(49)24(10-6-16-40-32(37)38)44-41-18-21-11-13-22(14-12-21)29(33)34/h2-4,7-8,11-14,19,23-24,26,31-32,39-41,44-45H,5-6,9-10,15-18,35-38H2,1H3,(H3,33,34)(H,42,46)(H,43,49)/t19-,23+,24+,26+/m1/s1. The molecule has 0 aliphatic heterocycles. The minimum atomic E-state index is -1.59. The first-order valence-electron chi connectivity index (χ1n) is 16.1. The number of hydrogen-bond donors (Lipinski definition) is 13. The van der Waals surface area contributed by atoms with Gasteiger partial charge < -0.3 is 44.4 Å². The van der Waals surface area contributed by atoms with Crippen LogP contribution in [0.1, 0.15) is 49.3 Å². The van der Waals surface area contributed by atoms with Crippen molar-refractivity contribution in [1.29, 1.82) is 5.41 Å². The Balaban J connectivity index is 2.15. The lowest BCUT2D eigenvalue weighted by Gasteiger charge is -2.26. The number of nitrogen functional groups attached to an aromatic ring is 1. The number of rotatable bonds is 24. The number of benzene rings is 2. The molecule has 0 radical (unpaired) electrons. The van der Waals surface area contributed by atoms with Gasteiger partial charge in [-0.3, -0.25) is 40.6 Å². The van der Waals surface area contributed by atoms with Gasteiger partial charge in [-0.2, -0.15) is 0 Å². The summed E-state index contributed by atoms with van der Waals surface area (Å²) < 4.78 is 0. The van der Waals surface area contributed by atoms with Crippen LogP contribution in [0.2, 0.25) is 0 Å². The first-order chi connectivity index (χ1) is 23.3. The highest BCUT2D eigenvalue weighted by Gasteiger charge is 2.36. The largest absolute Gasteiger partial charge is 0.391 e. The molecule has 18 N–H and O–H groups in total. The van der Waals surface area contributed by atoms with Gasteiger partial charge in [-0.15, -0.1) is 0 Å². The third-order valence-corrected chi connectivity index (χ3v) is 7.41.